The van der Waals surface area contributed by atoms with E-state index in [9.17, 15) is 19.5 Å². The molecule has 0 amide bonds. The van der Waals surface area contributed by atoms with Gasteiger partial charge in [-0.2, -0.15) is 0 Å². The van der Waals surface area contributed by atoms with Crippen LogP contribution in [-0.2, 0) is 0 Å². The van der Waals surface area contributed by atoms with Gasteiger partial charge in [-0.15, -0.1) is 0 Å². The Morgan fingerprint density at radius 1 is 1.26 bits per heavy atom. The lowest BCUT2D eigenvalue weighted by molar-refractivity contribution is -0.836. The monoisotopic (exact) mass is 339 g/mol. The molecule has 0 fully saturated rings. The highest BCUT2D eigenvalue weighted by Gasteiger charge is 2.13. The van der Waals surface area contributed by atoms with Crippen LogP contribution in [0, 0.1) is 0 Å². The Balaban J connectivity index is 0.000000593. The number of rotatable bonds is 2. The zero-order valence-corrected chi connectivity index (χ0v) is 14.0. The SMILES string of the molecule is CC(=O)c1c([O-])n(-c2cccc(Cl)c2)c(=O)[nH]c1=O.C[NH+](C)C. The number of Topliss-reactive ketones (excluding diaryl/α,β-unsaturated/α-hetero) is 1. The van der Waals surface area contributed by atoms with Crippen molar-refractivity contribution in [2.24, 2.45) is 0 Å². The highest BCUT2D eigenvalue weighted by Crippen LogP contribution is 2.17. The quantitative estimate of drug-likeness (QED) is 0.701. The van der Waals surface area contributed by atoms with E-state index in [1.54, 1.807) is 12.1 Å². The number of halogens is 1. The van der Waals surface area contributed by atoms with Gasteiger partial charge in [0.2, 0.25) is 0 Å². The number of benzene rings is 1. The number of carbonyl (C=O) groups is 1. The van der Waals surface area contributed by atoms with Crippen molar-refractivity contribution in [1.82, 2.24) is 9.55 Å². The van der Waals surface area contributed by atoms with Crippen LogP contribution in [0.15, 0.2) is 33.9 Å². The van der Waals surface area contributed by atoms with Gasteiger partial charge in [-0.3, -0.25) is 19.1 Å². The number of aromatic amines is 1. The molecule has 0 aliphatic heterocycles. The zero-order valence-electron chi connectivity index (χ0n) is 13.3. The molecule has 1 heterocycles. The van der Waals surface area contributed by atoms with Gasteiger partial charge >= 0.3 is 5.69 Å². The minimum Gasteiger partial charge on any atom is -0.859 e. The average Bonchev–Trinajstić information content (AvgIpc) is 2.36. The first-order valence-corrected chi connectivity index (χ1v) is 7.13. The van der Waals surface area contributed by atoms with Crippen molar-refractivity contribution in [3.63, 3.8) is 0 Å². The summed E-state index contributed by atoms with van der Waals surface area (Å²) in [5.74, 6) is -1.66. The van der Waals surface area contributed by atoms with Crippen molar-refractivity contribution in [3.8, 4) is 11.6 Å². The first kappa shape index (κ1) is 18.7. The summed E-state index contributed by atoms with van der Waals surface area (Å²) in [5.41, 5.74) is -2.30. The predicted molar refractivity (Wildman–Crippen MR) is 85.9 cm³/mol. The second-order valence-corrected chi connectivity index (χ2v) is 5.75. The summed E-state index contributed by atoms with van der Waals surface area (Å²) in [4.78, 5) is 37.8. The Bertz CT molecular complexity index is 821. The number of hydrogen-bond acceptors (Lipinski definition) is 4. The lowest BCUT2D eigenvalue weighted by Crippen LogP contribution is -3.02. The summed E-state index contributed by atoms with van der Waals surface area (Å²) >= 11 is 5.78. The first-order chi connectivity index (χ1) is 10.6. The molecule has 1 aromatic carbocycles. The predicted octanol–water partition coefficient (Wildman–Crippen LogP) is -0.784. The highest BCUT2D eigenvalue weighted by atomic mass is 35.5. The third-order valence-corrected chi connectivity index (χ3v) is 2.72. The van der Waals surface area contributed by atoms with E-state index in [0.717, 1.165) is 6.92 Å². The maximum atomic E-state index is 12.0. The fraction of sp³-hybridized carbons (Fsp3) is 0.267. The molecule has 0 aliphatic carbocycles. The van der Waals surface area contributed by atoms with Crippen LogP contribution < -0.4 is 21.3 Å². The van der Waals surface area contributed by atoms with E-state index in [2.05, 4.69) is 21.1 Å². The fourth-order valence-electron chi connectivity index (χ4n) is 1.68. The molecule has 0 radical (unpaired) electrons. The van der Waals surface area contributed by atoms with E-state index in [-0.39, 0.29) is 5.69 Å². The molecule has 0 aliphatic rings. The minimum absolute atomic E-state index is 0.182. The van der Waals surface area contributed by atoms with E-state index in [1.807, 2.05) is 4.98 Å². The number of aromatic nitrogens is 2. The van der Waals surface area contributed by atoms with E-state index in [0.29, 0.717) is 9.59 Å². The smallest absolute Gasteiger partial charge is 0.332 e. The van der Waals surface area contributed by atoms with E-state index in [1.165, 1.54) is 17.0 Å². The molecule has 124 valence electrons. The molecule has 0 saturated carbocycles. The molecule has 8 heteroatoms. The van der Waals surface area contributed by atoms with Crippen molar-refractivity contribution in [3.05, 3.63) is 55.7 Å². The number of hydrogen-bond donors (Lipinski definition) is 2. The summed E-state index contributed by atoms with van der Waals surface area (Å²) in [7, 11) is 6.25. The molecule has 0 bridgehead atoms. The standard InChI is InChI=1S/C12H9ClN2O4.C3H9N/c1-6(16)9-10(17)14-12(19)15(11(9)18)8-4-2-3-7(13)5-8;1-4(2)3/h2-5,18H,1H3,(H,14,17,19);1-3H3. The number of carbonyl (C=O) groups excluding carboxylic acids is 1. The van der Waals surface area contributed by atoms with E-state index < -0.39 is 28.5 Å². The minimum atomic E-state index is -0.985. The Morgan fingerprint density at radius 3 is 2.30 bits per heavy atom. The number of ketones is 1. The van der Waals surface area contributed by atoms with Crippen LogP contribution in [0.1, 0.15) is 17.3 Å². The van der Waals surface area contributed by atoms with Crippen molar-refractivity contribution < 1.29 is 14.8 Å². The second-order valence-electron chi connectivity index (χ2n) is 5.31. The number of nitrogens with zero attached hydrogens (tertiary/aromatic N) is 1. The van der Waals surface area contributed by atoms with Crippen LogP contribution in [0.5, 0.6) is 5.88 Å². The van der Waals surface area contributed by atoms with Crippen molar-refractivity contribution >= 4 is 17.4 Å². The van der Waals surface area contributed by atoms with Gasteiger partial charge < -0.3 is 10.0 Å². The molecular formula is C15H18ClN3O4. The van der Waals surface area contributed by atoms with Gasteiger partial charge in [0.1, 0.15) is 0 Å². The summed E-state index contributed by atoms with van der Waals surface area (Å²) in [6, 6.07) is 5.96. The topological polar surface area (TPSA) is 99.4 Å². The third-order valence-electron chi connectivity index (χ3n) is 2.49. The maximum Gasteiger partial charge on any atom is 0.332 e. The second kappa shape index (κ2) is 7.75. The van der Waals surface area contributed by atoms with Crippen LogP contribution in [0.4, 0.5) is 0 Å². The molecule has 0 spiro atoms. The van der Waals surface area contributed by atoms with Gasteiger partial charge in [-0.25, -0.2) is 4.79 Å². The Morgan fingerprint density at radius 2 is 1.83 bits per heavy atom. The molecule has 0 saturated heterocycles. The number of nitrogens with one attached hydrogen (secondary N) is 2. The van der Waals surface area contributed by atoms with Crippen LogP contribution in [-0.4, -0.2) is 36.5 Å². The maximum absolute atomic E-state index is 12.0. The molecule has 0 atom stereocenters. The zero-order chi connectivity index (χ0) is 17.7. The lowest BCUT2D eigenvalue weighted by Gasteiger charge is -2.18. The molecule has 0 unspecified atom stereocenters. The lowest BCUT2D eigenvalue weighted by atomic mass is 10.2. The van der Waals surface area contributed by atoms with Crippen molar-refractivity contribution in [2.75, 3.05) is 21.1 Å². The Labute approximate surface area is 137 Å². The molecule has 2 aromatic rings. The number of quaternary nitrogens is 1. The largest absolute Gasteiger partial charge is 0.859 e. The van der Waals surface area contributed by atoms with Crippen LogP contribution in [0.2, 0.25) is 5.02 Å². The van der Waals surface area contributed by atoms with Crippen LogP contribution in [0.3, 0.4) is 0 Å². The first-order valence-electron chi connectivity index (χ1n) is 6.75. The Hall–Kier alpha value is -2.38. The molecule has 1 aromatic heterocycles. The molecule has 7 nitrogen and oxygen atoms in total. The van der Waals surface area contributed by atoms with Gasteiger partial charge in [0.25, 0.3) is 5.56 Å². The van der Waals surface area contributed by atoms with Gasteiger partial charge in [0, 0.05) is 5.02 Å². The van der Waals surface area contributed by atoms with Crippen LogP contribution >= 0.6 is 11.6 Å². The average molecular weight is 340 g/mol. The number of H-pyrrole nitrogens is 1. The van der Waals surface area contributed by atoms with E-state index in [4.69, 9.17) is 11.6 Å². The normalized spacial score (nSPS) is 10.2. The Kier molecular flexibility index (Phi) is 6.29. The third kappa shape index (κ3) is 4.80. The van der Waals surface area contributed by atoms with Gasteiger partial charge in [-0.05, 0) is 31.0 Å². The van der Waals surface area contributed by atoms with Gasteiger partial charge in [0.05, 0.1) is 32.4 Å². The van der Waals surface area contributed by atoms with E-state index >= 15 is 0 Å². The van der Waals surface area contributed by atoms with Crippen LogP contribution in [0.25, 0.3) is 5.69 Å². The molecule has 2 rings (SSSR count). The summed E-state index contributed by atoms with van der Waals surface area (Å²) < 4.78 is 0.698. The summed E-state index contributed by atoms with van der Waals surface area (Å²) in [5, 5.41) is 12.4. The van der Waals surface area contributed by atoms with Crippen molar-refractivity contribution in [1.29, 1.82) is 0 Å². The molecular weight excluding hydrogens is 322 g/mol. The molecule has 23 heavy (non-hydrogen) atoms. The summed E-state index contributed by atoms with van der Waals surface area (Å²) in [6.45, 7) is 1.08. The fourth-order valence-corrected chi connectivity index (χ4v) is 1.86. The van der Waals surface area contributed by atoms with Gasteiger partial charge in [0.15, 0.2) is 5.78 Å². The van der Waals surface area contributed by atoms with Gasteiger partial charge in [-0.1, -0.05) is 17.7 Å². The summed E-state index contributed by atoms with van der Waals surface area (Å²) in [6.07, 6.45) is 0. The highest BCUT2D eigenvalue weighted by molar-refractivity contribution is 6.30. The molecule has 2 N–H and O–H groups in total. The van der Waals surface area contributed by atoms with Crippen molar-refractivity contribution in [2.45, 2.75) is 6.92 Å².